The fraction of sp³-hybridized carbons (Fsp3) is 0.346. The van der Waals surface area contributed by atoms with E-state index in [9.17, 15) is 9.59 Å². The molecule has 4 aromatic rings. The number of hydrogen-bond donors (Lipinski definition) is 2. The summed E-state index contributed by atoms with van der Waals surface area (Å²) in [5, 5.41) is 4.05. The van der Waals surface area contributed by atoms with E-state index >= 15 is 0 Å². The first-order valence-electron chi connectivity index (χ1n) is 11.6. The van der Waals surface area contributed by atoms with Gasteiger partial charge in [-0.15, -0.1) is 0 Å². The largest absolute Gasteiger partial charge is 0.357 e. The van der Waals surface area contributed by atoms with Gasteiger partial charge in [0.2, 0.25) is 0 Å². The van der Waals surface area contributed by atoms with E-state index < -0.39 is 0 Å². The fourth-order valence-corrected chi connectivity index (χ4v) is 4.78. The van der Waals surface area contributed by atoms with Crippen LogP contribution in [-0.4, -0.2) is 37.8 Å². The number of amides is 1. The summed E-state index contributed by atoms with van der Waals surface area (Å²) in [5.41, 5.74) is 3.57. The molecule has 1 amide bonds. The highest BCUT2D eigenvalue weighted by Crippen LogP contribution is 2.25. The summed E-state index contributed by atoms with van der Waals surface area (Å²) in [4.78, 5) is 35.3. The van der Waals surface area contributed by atoms with Crippen LogP contribution in [0.4, 0.5) is 0 Å². The number of benzene rings is 1. The van der Waals surface area contributed by atoms with Crippen molar-refractivity contribution in [3.8, 4) is 0 Å². The molecule has 2 N–H and O–H groups in total. The van der Waals surface area contributed by atoms with Gasteiger partial charge >= 0.3 is 0 Å². The molecule has 0 aliphatic carbocycles. The van der Waals surface area contributed by atoms with Crippen molar-refractivity contribution in [1.82, 2.24) is 24.6 Å². The van der Waals surface area contributed by atoms with E-state index in [-0.39, 0.29) is 17.2 Å². The van der Waals surface area contributed by atoms with Gasteiger partial charge in [-0.25, -0.2) is 4.98 Å². The maximum absolute atomic E-state index is 12.6. The molecule has 0 radical (unpaired) electrons. The molecule has 1 aromatic carbocycles. The van der Waals surface area contributed by atoms with E-state index in [2.05, 4.69) is 52.2 Å². The zero-order valence-electron chi connectivity index (χ0n) is 19.0. The number of carbonyl (C=O) groups excluding carboxylic acids is 1. The molecule has 0 saturated carbocycles. The highest BCUT2D eigenvalue weighted by Gasteiger charge is 2.23. The van der Waals surface area contributed by atoms with Crippen molar-refractivity contribution in [2.45, 2.75) is 45.8 Å². The number of fused-ring (bicyclic) bond motifs is 2. The van der Waals surface area contributed by atoms with Gasteiger partial charge in [-0.1, -0.05) is 25.1 Å². The van der Waals surface area contributed by atoms with Crippen molar-refractivity contribution in [3.05, 3.63) is 82.0 Å². The van der Waals surface area contributed by atoms with Crippen LogP contribution in [0.2, 0.25) is 0 Å². The molecule has 170 valence electrons. The molecule has 7 heteroatoms. The van der Waals surface area contributed by atoms with E-state index in [1.165, 1.54) is 34.4 Å². The van der Waals surface area contributed by atoms with Gasteiger partial charge in [0.15, 0.2) is 0 Å². The molecule has 1 aliphatic heterocycles. The van der Waals surface area contributed by atoms with Crippen LogP contribution in [0.3, 0.4) is 0 Å². The van der Waals surface area contributed by atoms with Crippen molar-refractivity contribution >= 4 is 22.5 Å². The molecule has 1 fully saturated rings. The number of H-pyrrole nitrogens is 1. The van der Waals surface area contributed by atoms with Gasteiger partial charge in [-0.2, -0.15) is 0 Å². The van der Waals surface area contributed by atoms with E-state index in [0.29, 0.717) is 18.2 Å². The Bertz CT molecular complexity index is 1370. The number of pyridine rings is 1. The predicted molar refractivity (Wildman–Crippen MR) is 129 cm³/mol. The standard InChI is InChI=1S/C26H29N5O2/c1-17-8-10-30(18(2)11-17)16-21-13-20-7-6-19(12-22(20)28-21)15-27-26(33)23-14-25(32)31-9-4-3-5-24(31)29-23/h3-7,9,12-14,17-18,28H,8,10-11,15-16H2,1-2H3,(H,27,33)/t17-,18-/m0/s1. The lowest BCUT2D eigenvalue weighted by atomic mass is 9.93. The molecule has 3 aromatic heterocycles. The Morgan fingerprint density at radius 1 is 1.18 bits per heavy atom. The molecule has 0 bridgehead atoms. The predicted octanol–water partition coefficient (Wildman–Crippen LogP) is 3.73. The summed E-state index contributed by atoms with van der Waals surface area (Å²) in [7, 11) is 0. The molecule has 1 saturated heterocycles. The minimum absolute atomic E-state index is 0.124. The number of likely N-dealkylation sites (tertiary alicyclic amines) is 1. The van der Waals surface area contributed by atoms with Crippen LogP contribution in [0.5, 0.6) is 0 Å². The average Bonchev–Trinajstić information content (AvgIpc) is 3.21. The Balaban J connectivity index is 1.27. The van der Waals surface area contributed by atoms with E-state index in [1.807, 2.05) is 6.07 Å². The maximum Gasteiger partial charge on any atom is 0.270 e. The van der Waals surface area contributed by atoms with E-state index in [1.54, 1.807) is 24.4 Å². The molecular weight excluding hydrogens is 414 g/mol. The molecule has 4 heterocycles. The molecule has 0 unspecified atom stereocenters. The molecular formula is C26H29N5O2. The van der Waals surface area contributed by atoms with Crippen LogP contribution in [0, 0.1) is 5.92 Å². The first-order valence-corrected chi connectivity index (χ1v) is 11.6. The van der Waals surface area contributed by atoms with Crippen molar-refractivity contribution in [3.63, 3.8) is 0 Å². The van der Waals surface area contributed by atoms with Crippen molar-refractivity contribution in [1.29, 1.82) is 0 Å². The number of rotatable bonds is 5. The van der Waals surface area contributed by atoms with Crippen LogP contribution in [0.1, 0.15) is 48.4 Å². The molecule has 7 nitrogen and oxygen atoms in total. The Morgan fingerprint density at radius 2 is 2.06 bits per heavy atom. The van der Waals surface area contributed by atoms with Crippen molar-refractivity contribution < 1.29 is 4.79 Å². The summed E-state index contributed by atoms with van der Waals surface area (Å²) in [6.45, 7) is 7.09. The molecule has 33 heavy (non-hydrogen) atoms. The van der Waals surface area contributed by atoms with Crippen molar-refractivity contribution in [2.24, 2.45) is 5.92 Å². The quantitative estimate of drug-likeness (QED) is 0.492. The summed E-state index contributed by atoms with van der Waals surface area (Å²) in [6.07, 6.45) is 4.15. The van der Waals surface area contributed by atoms with E-state index in [0.717, 1.165) is 30.1 Å². The van der Waals surface area contributed by atoms with Crippen LogP contribution in [-0.2, 0) is 13.1 Å². The molecule has 1 aliphatic rings. The lowest BCUT2D eigenvalue weighted by molar-refractivity contribution is 0.0946. The zero-order chi connectivity index (χ0) is 22.9. The number of aromatic amines is 1. The number of carbonyl (C=O) groups is 1. The third kappa shape index (κ3) is 4.54. The third-order valence-corrected chi connectivity index (χ3v) is 6.65. The Kier molecular flexibility index (Phi) is 5.72. The lowest BCUT2D eigenvalue weighted by Gasteiger charge is -2.36. The number of nitrogens with zero attached hydrogens (tertiary/aromatic N) is 3. The average molecular weight is 444 g/mol. The fourth-order valence-electron chi connectivity index (χ4n) is 4.78. The smallest absolute Gasteiger partial charge is 0.270 e. The first-order chi connectivity index (χ1) is 16.0. The van der Waals surface area contributed by atoms with Crippen LogP contribution in [0.15, 0.2) is 59.5 Å². The molecule has 5 rings (SSSR count). The second-order valence-corrected chi connectivity index (χ2v) is 9.26. The van der Waals surface area contributed by atoms with Crippen LogP contribution in [0.25, 0.3) is 16.6 Å². The summed E-state index contributed by atoms with van der Waals surface area (Å²) >= 11 is 0. The minimum atomic E-state index is -0.362. The Hall–Kier alpha value is -3.45. The van der Waals surface area contributed by atoms with Gasteiger partial charge in [0, 0.05) is 42.6 Å². The minimum Gasteiger partial charge on any atom is -0.357 e. The Labute approximate surface area is 192 Å². The zero-order valence-corrected chi connectivity index (χ0v) is 19.0. The summed E-state index contributed by atoms with van der Waals surface area (Å²) in [5.74, 6) is 0.444. The molecule has 2 atom stereocenters. The monoisotopic (exact) mass is 443 g/mol. The van der Waals surface area contributed by atoms with Crippen LogP contribution >= 0.6 is 0 Å². The second kappa shape index (κ2) is 8.83. The van der Waals surface area contributed by atoms with Gasteiger partial charge in [-0.3, -0.25) is 18.9 Å². The van der Waals surface area contributed by atoms with Gasteiger partial charge in [-0.05, 0) is 67.4 Å². The van der Waals surface area contributed by atoms with Gasteiger partial charge in [0.25, 0.3) is 11.5 Å². The lowest BCUT2D eigenvalue weighted by Crippen LogP contribution is -2.39. The highest BCUT2D eigenvalue weighted by atomic mass is 16.2. The maximum atomic E-state index is 12.6. The van der Waals surface area contributed by atoms with Gasteiger partial charge in [0.05, 0.1) is 0 Å². The topological polar surface area (TPSA) is 82.5 Å². The second-order valence-electron chi connectivity index (χ2n) is 9.26. The number of piperidine rings is 1. The summed E-state index contributed by atoms with van der Waals surface area (Å²) in [6, 6.07) is 15.5. The normalized spacial score (nSPS) is 19.2. The van der Waals surface area contributed by atoms with E-state index in [4.69, 9.17) is 0 Å². The third-order valence-electron chi connectivity index (χ3n) is 6.65. The summed E-state index contributed by atoms with van der Waals surface area (Å²) < 4.78 is 1.42. The van der Waals surface area contributed by atoms with Gasteiger partial charge < -0.3 is 10.3 Å². The first kappa shape index (κ1) is 21.4. The number of nitrogens with one attached hydrogen (secondary N) is 2. The van der Waals surface area contributed by atoms with Crippen molar-refractivity contribution in [2.75, 3.05) is 6.54 Å². The number of aromatic nitrogens is 3. The van der Waals surface area contributed by atoms with Gasteiger partial charge in [0.1, 0.15) is 11.3 Å². The highest BCUT2D eigenvalue weighted by molar-refractivity contribution is 5.92. The Morgan fingerprint density at radius 3 is 2.91 bits per heavy atom. The van der Waals surface area contributed by atoms with Crippen LogP contribution < -0.4 is 10.9 Å². The SMILES string of the molecule is C[C@H]1CCN(Cc2cc3ccc(CNC(=O)c4cc(=O)n5ccccc5n4)cc3[nH]2)[C@@H](C)C1. The number of hydrogen-bond acceptors (Lipinski definition) is 4. The molecule has 0 spiro atoms.